The molecule has 0 amide bonds. The Kier molecular flexibility index (Phi) is 10.5. The predicted octanol–water partition coefficient (Wildman–Crippen LogP) is 3.06. The third-order valence-corrected chi connectivity index (χ3v) is 4.21. The summed E-state index contributed by atoms with van der Waals surface area (Å²) in [5.41, 5.74) is 0. The van der Waals surface area contributed by atoms with Gasteiger partial charge in [0.15, 0.2) is 0 Å². The Hall–Kier alpha value is -0.120. The van der Waals surface area contributed by atoms with Gasteiger partial charge in [-0.1, -0.05) is 6.42 Å². The molecule has 0 aliphatic rings. The van der Waals surface area contributed by atoms with E-state index in [0.29, 0.717) is 0 Å². The Balaban J connectivity index is 3.51. The second-order valence-corrected chi connectivity index (χ2v) is 8.68. The second-order valence-electron chi connectivity index (χ2n) is 8.68. The Morgan fingerprint density at radius 1 is 0.571 bits per heavy atom. The molecule has 128 valence electrons. The minimum absolute atomic E-state index is 1.10. The van der Waals surface area contributed by atoms with Gasteiger partial charge in [-0.3, -0.25) is 0 Å². The van der Waals surface area contributed by atoms with Gasteiger partial charge in [-0.05, 0) is 59.2 Å². The molecule has 0 bridgehead atoms. The van der Waals surface area contributed by atoms with Crippen molar-refractivity contribution >= 4 is 0 Å². The fraction of sp³-hybridized carbons (Fsp3) is 1.00. The summed E-state index contributed by atoms with van der Waals surface area (Å²) in [6.07, 6.45) is 9.67. The first-order valence-corrected chi connectivity index (χ1v) is 8.90. The van der Waals surface area contributed by atoms with Crippen molar-refractivity contribution in [3.63, 3.8) is 0 Å². The van der Waals surface area contributed by atoms with Crippen LogP contribution in [0.25, 0.3) is 0 Å². The molecule has 0 atom stereocenters. The smallest absolute Gasteiger partial charge is 0.0782 e. The Morgan fingerprint density at radius 2 is 1.00 bits per heavy atom. The third-order valence-electron chi connectivity index (χ3n) is 4.21. The number of quaternary nitrogens is 2. The van der Waals surface area contributed by atoms with Crippen LogP contribution >= 0.6 is 0 Å². The predicted molar refractivity (Wildman–Crippen MR) is 95.6 cm³/mol. The summed E-state index contributed by atoms with van der Waals surface area (Å²) in [7, 11) is 16.0. The van der Waals surface area contributed by atoms with Gasteiger partial charge in [0, 0.05) is 0 Å². The number of rotatable bonds is 13. The van der Waals surface area contributed by atoms with E-state index in [9.17, 15) is 0 Å². The van der Waals surface area contributed by atoms with Crippen LogP contribution in [0, 0.1) is 0 Å². The number of hydrogen-bond acceptors (Lipinski definition) is 1. The first-order chi connectivity index (χ1) is 9.62. The summed E-state index contributed by atoms with van der Waals surface area (Å²) < 4.78 is 2.31. The van der Waals surface area contributed by atoms with Crippen LogP contribution in [0.2, 0.25) is 0 Å². The maximum atomic E-state index is 2.40. The van der Waals surface area contributed by atoms with E-state index in [1.165, 1.54) is 75.6 Å². The molecule has 0 saturated carbocycles. The molecule has 0 aromatic carbocycles. The van der Waals surface area contributed by atoms with Crippen LogP contribution in [0.1, 0.15) is 44.9 Å². The lowest BCUT2D eigenvalue weighted by atomic mass is 10.1. The highest BCUT2D eigenvalue weighted by molar-refractivity contribution is 4.48. The van der Waals surface area contributed by atoms with Gasteiger partial charge in [-0.25, -0.2) is 0 Å². The molecular formula is C18H43N3+2. The largest absolute Gasteiger partial charge is 0.331 e. The first-order valence-electron chi connectivity index (χ1n) is 8.90. The van der Waals surface area contributed by atoms with E-state index >= 15 is 0 Å². The topological polar surface area (TPSA) is 3.24 Å². The molecule has 0 radical (unpaired) electrons. The van der Waals surface area contributed by atoms with Crippen LogP contribution in [0.5, 0.6) is 0 Å². The van der Waals surface area contributed by atoms with Crippen molar-refractivity contribution in [2.45, 2.75) is 44.9 Å². The van der Waals surface area contributed by atoms with E-state index in [2.05, 4.69) is 54.2 Å². The van der Waals surface area contributed by atoms with E-state index in [4.69, 9.17) is 0 Å². The van der Waals surface area contributed by atoms with Gasteiger partial charge in [-0.2, -0.15) is 0 Å². The van der Waals surface area contributed by atoms with Crippen LogP contribution < -0.4 is 0 Å². The highest BCUT2D eigenvalue weighted by atomic mass is 15.3. The van der Waals surface area contributed by atoms with Crippen LogP contribution in [0.4, 0.5) is 0 Å². The van der Waals surface area contributed by atoms with Gasteiger partial charge in [0.05, 0.1) is 54.9 Å². The zero-order chi connectivity index (χ0) is 16.4. The van der Waals surface area contributed by atoms with Crippen molar-refractivity contribution < 1.29 is 8.97 Å². The fourth-order valence-corrected chi connectivity index (χ4v) is 2.74. The molecule has 0 heterocycles. The maximum absolute atomic E-state index is 2.40. The highest BCUT2D eigenvalue weighted by Crippen LogP contribution is 2.09. The molecule has 3 heteroatoms. The molecule has 0 fully saturated rings. The Bertz CT molecular complexity index is 241. The molecule has 0 saturated heterocycles. The summed E-state index contributed by atoms with van der Waals surface area (Å²) in [6.45, 7) is 5.23. The summed E-state index contributed by atoms with van der Waals surface area (Å²) in [5.74, 6) is 0. The minimum Gasteiger partial charge on any atom is -0.331 e. The van der Waals surface area contributed by atoms with Crippen molar-refractivity contribution in [2.24, 2.45) is 0 Å². The quantitative estimate of drug-likeness (QED) is 0.373. The maximum Gasteiger partial charge on any atom is 0.0782 e. The van der Waals surface area contributed by atoms with E-state index in [1.807, 2.05) is 0 Å². The van der Waals surface area contributed by atoms with Gasteiger partial charge < -0.3 is 13.9 Å². The molecule has 0 spiro atoms. The van der Waals surface area contributed by atoms with Crippen LogP contribution in [-0.4, -0.2) is 89.4 Å². The van der Waals surface area contributed by atoms with Crippen LogP contribution in [-0.2, 0) is 0 Å². The summed E-state index contributed by atoms with van der Waals surface area (Å²) in [6, 6.07) is 0. The molecule has 0 rings (SSSR count). The molecule has 0 aliphatic carbocycles. The highest BCUT2D eigenvalue weighted by Gasteiger charge is 2.14. The molecule has 0 aromatic heterocycles. The normalized spacial score (nSPS) is 13.1. The lowest BCUT2D eigenvalue weighted by Crippen LogP contribution is -2.41. The Morgan fingerprint density at radius 3 is 1.48 bits per heavy atom. The van der Waals surface area contributed by atoms with E-state index in [-0.39, 0.29) is 0 Å². The van der Waals surface area contributed by atoms with E-state index in [0.717, 1.165) is 4.48 Å². The summed E-state index contributed by atoms with van der Waals surface area (Å²) in [4.78, 5) is 2.29. The van der Waals surface area contributed by atoms with Crippen molar-refractivity contribution in [2.75, 3.05) is 75.5 Å². The van der Waals surface area contributed by atoms with Gasteiger partial charge in [0.2, 0.25) is 0 Å². The molecule has 0 N–H and O–H groups in total. The summed E-state index contributed by atoms with van der Waals surface area (Å²) in [5, 5.41) is 0. The van der Waals surface area contributed by atoms with Gasteiger partial charge in [0.25, 0.3) is 0 Å². The minimum atomic E-state index is 1.10. The van der Waals surface area contributed by atoms with Crippen molar-refractivity contribution in [3.8, 4) is 0 Å². The van der Waals surface area contributed by atoms with Gasteiger partial charge in [-0.15, -0.1) is 0 Å². The molecular weight excluding hydrogens is 258 g/mol. The lowest BCUT2D eigenvalue weighted by Gasteiger charge is -2.30. The molecule has 0 aliphatic heterocycles. The summed E-state index contributed by atoms with van der Waals surface area (Å²) >= 11 is 0. The zero-order valence-electron chi connectivity index (χ0n) is 16.1. The first kappa shape index (κ1) is 20.9. The fourth-order valence-electron chi connectivity index (χ4n) is 2.74. The van der Waals surface area contributed by atoms with E-state index < -0.39 is 0 Å². The molecule has 3 nitrogen and oxygen atoms in total. The van der Waals surface area contributed by atoms with Crippen molar-refractivity contribution in [3.05, 3.63) is 0 Å². The average molecular weight is 302 g/mol. The third kappa shape index (κ3) is 16.1. The monoisotopic (exact) mass is 301 g/mol. The van der Waals surface area contributed by atoms with Crippen molar-refractivity contribution in [1.82, 2.24) is 4.90 Å². The van der Waals surface area contributed by atoms with Crippen LogP contribution in [0.3, 0.4) is 0 Å². The average Bonchev–Trinajstić information content (AvgIpc) is 2.31. The Labute approximate surface area is 135 Å². The van der Waals surface area contributed by atoms with Gasteiger partial charge in [0.1, 0.15) is 0 Å². The zero-order valence-corrected chi connectivity index (χ0v) is 16.1. The number of hydrogen-bond donors (Lipinski definition) is 0. The van der Waals surface area contributed by atoms with Crippen LogP contribution in [0.15, 0.2) is 0 Å². The lowest BCUT2D eigenvalue weighted by molar-refractivity contribution is -0.891. The molecule has 21 heavy (non-hydrogen) atoms. The van der Waals surface area contributed by atoms with Crippen molar-refractivity contribution in [1.29, 1.82) is 0 Å². The number of unbranched alkanes of at least 4 members (excludes halogenated alkanes) is 5. The molecule has 0 unspecified atom stereocenters. The number of nitrogens with zero attached hydrogens (tertiary/aromatic N) is 3. The SMILES string of the molecule is CN(C)CCCCCC[N+](C)(C)CCCCC[N+](C)(C)C. The standard InChI is InChI=1S/C18H43N3/c1-19(2)15-11-8-9-13-17-21(6,7)18-14-10-12-16-20(3,4)5/h8-18H2,1-7H3/q+2. The second kappa shape index (κ2) is 10.6. The molecule has 0 aromatic rings. The van der Waals surface area contributed by atoms with E-state index in [1.54, 1.807) is 0 Å². The van der Waals surface area contributed by atoms with Gasteiger partial charge >= 0.3 is 0 Å².